The Morgan fingerprint density at radius 2 is 1.69 bits per heavy atom. The van der Waals surface area contributed by atoms with Crippen molar-refractivity contribution in [3.05, 3.63) is 21.1 Å². The van der Waals surface area contributed by atoms with Gasteiger partial charge in [0.05, 0.1) is 5.69 Å². The van der Waals surface area contributed by atoms with E-state index in [0.29, 0.717) is 36.7 Å². The van der Waals surface area contributed by atoms with E-state index in [9.17, 15) is 9.59 Å². The third kappa shape index (κ3) is 5.21. The fraction of sp³-hybridized carbons (Fsp3) is 0.652. The van der Waals surface area contributed by atoms with Crippen LogP contribution in [0.25, 0.3) is 10.0 Å². The highest BCUT2D eigenvalue weighted by atomic mass is 32.1. The van der Waals surface area contributed by atoms with Crippen molar-refractivity contribution in [3.8, 4) is 10.0 Å². The van der Waals surface area contributed by atoms with Crippen molar-refractivity contribution in [2.24, 2.45) is 0 Å². The molecule has 156 valence electrons. The lowest BCUT2D eigenvalue weighted by atomic mass is 10.0. The molecule has 0 bridgehead atoms. The number of aromatic nitrogens is 2. The zero-order valence-corrected chi connectivity index (χ0v) is 18.9. The van der Waals surface area contributed by atoms with Crippen LogP contribution in [0, 0.1) is 0 Å². The van der Waals surface area contributed by atoms with Crippen LogP contribution >= 0.6 is 22.7 Å². The number of fused-ring (bicyclic) bond motifs is 1. The Kier molecular flexibility index (Phi) is 6.91. The summed E-state index contributed by atoms with van der Waals surface area (Å²) in [6.45, 7) is 1.91. The Bertz CT molecular complexity index is 856. The fourth-order valence-corrected chi connectivity index (χ4v) is 6.37. The number of carbonyl (C=O) groups is 2. The number of thiazole rings is 2. The summed E-state index contributed by atoms with van der Waals surface area (Å²) in [4.78, 5) is 36.6. The van der Waals surface area contributed by atoms with Crippen molar-refractivity contribution in [1.29, 1.82) is 0 Å². The molecule has 2 aromatic heterocycles. The van der Waals surface area contributed by atoms with Gasteiger partial charge in [-0.3, -0.25) is 9.59 Å². The second-order valence-electron chi connectivity index (χ2n) is 8.33. The number of unbranched alkanes of at least 4 members (excludes halogenated alkanes) is 2. The zero-order chi connectivity index (χ0) is 20.2. The first-order valence-corrected chi connectivity index (χ1v) is 12.8. The number of aryl methyl sites for hydroxylation is 2. The summed E-state index contributed by atoms with van der Waals surface area (Å²) in [5.41, 5.74) is 1.97. The largest absolute Gasteiger partial charge is 0.300 e. The maximum absolute atomic E-state index is 12.9. The number of Topliss-reactive ketones (excluding diaryl/α,β-unsaturated/α-hetero) is 2. The Hall–Kier alpha value is -1.40. The van der Waals surface area contributed by atoms with Gasteiger partial charge in [-0.25, -0.2) is 9.97 Å². The summed E-state index contributed by atoms with van der Waals surface area (Å²) in [6, 6.07) is 0. The van der Waals surface area contributed by atoms with E-state index >= 15 is 0 Å². The van der Waals surface area contributed by atoms with Crippen LogP contribution in [0.3, 0.4) is 0 Å². The van der Waals surface area contributed by atoms with Crippen LogP contribution in [0.1, 0.15) is 109 Å². The van der Waals surface area contributed by atoms with E-state index < -0.39 is 0 Å². The van der Waals surface area contributed by atoms with Gasteiger partial charge in [-0.05, 0) is 57.3 Å². The minimum atomic E-state index is 0.175. The number of carbonyl (C=O) groups excluding carboxylic acids is 2. The summed E-state index contributed by atoms with van der Waals surface area (Å²) >= 11 is 3.49. The lowest BCUT2D eigenvalue weighted by Gasteiger charge is -2.01. The molecule has 0 radical (unpaired) electrons. The summed E-state index contributed by atoms with van der Waals surface area (Å²) < 4.78 is 0. The smallest absolute Gasteiger partial charge is 0.182 e. The first-order valence-electron chi connectivity index (χ1n) is 11.2. The predicted octanol–water partition coefficient (Wildman–Crippen LogP) is 6.53. The van der Waals surface area contributed by atoms with Crippen LogP contribution in [0.5, 0.6) is 0 Å². The van der Waals surface area contributed by atoms with Crippen molar-refractivity contribution in [1.82, 2.24) is 9.97 Å². The molecule has 2 aromatic rings. The minimum Gasteiger partial charge on any atom is -0.300 e. The molecule has 2 aliphatic rings. The van der Waals surface area contributed by atoms with Crippen molar-refractivity contribution < 1.29 is 9.59 Å². The maximum atomic E-state index is 12.9. The molecule has 0 aliphatic heterocycles. The van der Waals surface area contributed by atoms with Crippen molar-refractivity contribution >= 4 is 34.2 Å². The third-order valence-electron chi connectivity index (χ3n) is 5.90. The van der Waals surface area contributed by atoms with Gasteiger partial charge in [-0.2, -0.15) is 0 Å². The van der Waals surface area contributed by atoms with Gasteiger partial charge in [0.2, 0.25) is 0 Å². The average molecular weight is 431 g/mol. The zero-order valence-electron chi connectivity index (χ0n) is 17.3. The van der Waals surface area contributed by atoms with Crippen molar-refractivity contribution in [2.75, 3.05) is 0 Å². The topological polar surface area (TPSA) is 59.9 Å². The molecule has 1 saturated carbocycles. The highest BCUT2D eigenvalue weighted by molar-refractivity contribution is 7.21. The van der Waals surface area contributed by atoms with E-state index in [1.54, 1.807) is 22.7 Å². The van der Waals surface area contributed by atoms with E-state index in [-0.39, 0.29) is 5.78 Å². The molecule has 0 spiro atoms. The Morgan fingerprint density at radius 3 is 2.48 bits per heavy atom. The molecule has 0 N–H and O–H groups in total. The van der Waals surface area contributed by atoms with Gasteiger partial charge in [0.25, 0.3) is 0 Å². The Morgan fingerprint density at radius 1 is 0.931 bits per heavy atom. The molecule has 29 heavy (non-hydrogen) atoms. The molecule has 2 heterocycles. The van der Waals surface area contributed by atoms with Gasteiger partial charge in [-0.1, -0.05) is 19.8 Å². The number of rotatable bonds is 10. The number of nitrogens with zero attached hydrogens (tertiary/aromatic N) is 2. The molecule has 2 aliphatic carbocycles. The van der Waals surface area contributed by atoms with Crippen LogP contribution in [0.15, 0.2) is 0 Å². The maximum Gasteiger partial charge on any atom is 0.182 e. The van der Waals surface area contributed by atoms with Crippen LogP contribution in [-0.2, 0) is 17.6 Å². The molecule has 4 nitrogen and oxygen atoms in total. The highest BCUT2D eigenvalue weighted by Gasteiger charge is 2.32. The first-order chi connectivity index (χ1) is 14.2. The van der Waals surface area contributed by atoms with Crippen molar-refractivity contribution in [2.45, 2.75) is 96.3 Å². The van der Waals surface area contributed by atoms with E-state index in [0.717, 1.165) is 42.1 Å². The van der Waals surface area contributed by atoms with E-state index in [1.165, 1.54) is 47.6 Å². The molecule has 0 amide bonds. The monoisotopic (exact) mass is 430 g/mol. The van der Waals surface area contributed by atoms with Crippen LogP contribution < -0.4 is 0 Å². The van der Waals surface area contributed by atoms with Crippen molar-refractivity contribution in [3.63, 3.8) is 0 Å². The lowest BCUT2D eigenvalue weighted by Crippen LogP contribution is -2.03. The SMILES string of the molecule is CCC(=O)CCCCCC(=O)c1nc(-c2nc3c(s2)CCCCC3)sc1C1CC1. The summed E-state index contributed by atoms with van der Waals surface area (Å²) in [5.74, 6) is 1.02. The molecular weight excluding hydrogens is 400 g/mol. The molecule has 0 aromatic carbocycles. The summed E-state index contributed by atoms with van der Waals surface area (Å²) in [5, 5.41) is 1.96. The number of ketones is 2. The Balaban J connectivity index is 1.43. The highest BCUT2D eigenvalue weighted by Crippen LogP contribution is 2.47. The molecule has 0 atom stereocenters. The van der Waals surface area contributed by atoms with Gasteiger partial charge >= 0.3 is 0 Å². The fourth-order valence-electron chi connectivity index (χ4n) is 3.95. The number of hydrogen-bond donors (Lipinski definition) is 0. The number of hydrogen-bond acceptors (Lipinski definition) is 6. The van der Waals surface area contributed by atoms with Gasteiger partial charge in [0.1, 0.15) is 11.5 Å². The molecular formula is C23H30N2O2S2. The van der Waals surface area contributed by atoms with Crippen LogP contribution in [0.4, 0.5) is 0 Å². The van der Waals surface area contributed by atoms with Gasteiger partial charge in [-0.15, -0.1) is 22.7 Å². The van der Waals surface area contributed by atoms with E-state index in [2.05, 4.69) is 0 Å². The van der Waals surface area contributed by atoms with Crippen LogP contribution in [-0.4, -0.2) is 21.5 Å². The second-order valence-corrected chi connectivity index (χ2v) is 10.4. The summed E-state index contributed by atoms with van der Waals surface area (Å²) in [6.07, 6.45) is 12.8. The van der Waals surface area contributed by atoms with Crippen LogP contribution in [0.2, 0.25) is 0 Å². The second kappa shape index (κ2) is 9.61. The Labute approximate surface area is 181 Å². The quantitative estimate of drug-likeness (QED) is 0.244. The molecule has 0 unspecified atom stereocenters. The van der Waals surface area contributed by atoms with E-state index in [1.807, 2.05) is 6.92 Å². The first kappa shape index (κ1) is 20.9. The molecule has 0 saturated heterocycles. The molecule has 4 rings (SSSR count). The van der Waals surface area contributed by atoms with E-state index in [4.69, 9.17) is 9.97 Å². The molecule has 6 heteroatoms. The van der Waals surface area contributed by atoms with Gasteiger partial charge in [0.15, 0.2) is 15.8 Å². The summed E-state index contributed by atoms with van der Waals surface area (Å²) in [7, 11) is 0. The predicted molar refractivity (Wildman–Crippen MR) is 119 cm³/mol. The lowest BCUT2D eigenvalue weighted by molar-refractivity contribution is -0.118. The standard InChI is InChI=1S/C23H30N2O2S2/c1-2-16(26)9-5-3-7-11-18(27)20-21(15-13-14-15)29-23(25-20)22-24-17-10-6-4-8-12-19(17)28-22/h15H,2-14H2,1H3. The minimum absolute atomic E-state index is 0.175. The third-order valence-corrected chi connectivity index (χ3v) is 8.42. The molecule has 1 fully saturated rings. The van der Waals surface area contributed by atoms with Gasteiger partial charge in [0, 0.05) is 29.0 Å². The van der Waals surface area contributed by atoms with Gasteiger partial charge < -0.3 is 0 Å². The normalized spacial score (nSPS) is 16.4. The average Bonchev–Trinajstić information content (AvgIpc) is 3.41.